The molecule has 3 aromatic rings. The third kappa shape index (κ3) is 6.32. The van der Waals surface area contributed by atoms with E-state index < -0.39 is 16.1 Å². The summed E-state index contributed by atoms with van der Waals surface area (Å²) in [7, 11) is -3.74. The molecule has 0 aliphatic rings. The molecule has 0 unspecified atom stereocenters. The molecule has 162 valence electrons. The van der Waals surface area contributed by atoms with E-state index in [2.05, 4.69) is 26.0 Å². The van der Waals surface area contributed by atoms with Gasteiger partial charge in [-0.05, 0) is 79.6 Å². The highest BCUT2D eigenvalue weighted by Crippen LogP contribution is 2.21. The summed E-state index contributed by atoms with van der Waals surface area (Å²) in [5.41, 5.74) is 1.99. The largest absolute Gasteiger partial charge is 0.481 e. The second kappa shape index (κ2) is 9.98. The van der Waals surface area contributed by atoms with Crippen LogP contribution in [-0.2, 0) is 14.8 Å². The lowest BCUT2D eigenvalue weighted by Gasteiger charge is -2.18. The first-order valence-corrected chi connectivity index (χ1v) is 12.0. The number of hydrogen-bond donors (Lipinski definition) is 2. The third-order valence-electron chi connectivity index (χ3n) is 4.46. The number of ether oxygens (including phenoxy) is 1. The zero-order valence-corrected chi connectivity index (χ0v) is 19.5. The van der Waals surface area contributed by atoms with Crippen LogP contribution in [0.25, 0.3) is 0 Å². The van der Waals surface area contributed by atoms with E-state index in [4.69, 9.17) is 4.74 Å². The molecule has 2 N–H and O–H groups in total. The molecule has 6 nitrogen and oxygen atoms in total. The number of halogens is 1. The van der Waals surface area contributed by atoms with Gasteiger partial charge in [0.2, 0.25) is 0 Å². The van der Waals surface area contributed by atoms with E-state index in [1.165, 1.54) is 12.1 Å². The zero-order chi connectivity index (χ0) is 22.4. The molecule has 8 heteroatoms. The minimum Gasteiger partial charge on any atom is -0.481 e. The Labute approximate surface area is 190 Å². The van der Waals surface area contributed by atoms with Gasteiger partial charge >= 0.3 is 0 Å². The Morgan fingerprint density at radius 2 is 1.65 bits per heavy atom. The van der Waals surface area contributed by atoms with Gasteiger partial charge in [0, 0.05) is 15.8 Å². The summed E-state index contributed by atoms with van der Waals surface area (Å²) in [5, 5.41) is 2.78. The van der Waals surface area contributed by atoms with E-state index in [1.807, 2.05) is 32.0 Å². The van der Waals surface area contributed by atoms with Gasteiger partial charge in [-0.1, -0.05) is 35.0 Å². The summed E-state index contributed by atoms with van der Waals surface area (Å²) in [4.78, 5) is 12.7. The Kier molecular flexibility index (Phi) is 7.35. The Bertz CT molecular complexity index is 1150. The van der Waals surface area contributed by atoms with E-state index in [0.29, 0.717) is 23.5 Å². The standard InChI is InChI=1S/C23H23BrN2O4S/c1-3-22(30-20-6-4-5-16(2)15-20)23(27)25-18-11-13-21(14-12-18)31(28,29)26-19-9-7-17(24)8-10-19/h4-15,22,26H,3H2,1-2H3,(H,25,27)/t22-/m1/s1. The molecule has 0 heterocycles. The van der Waals surface area contributed by atoms with E-state index in [-0.39, 0.29) is 10.8 Å². The highest BCUT2D eigenvalue weighted by Gasteiger charge is 2.19. The molecule has 0 saturated carbocycles. The van der Waals surface area contributed by atoms with Crippen molar-refractivity contribution in [1.29, 1.82) is 0 Å². The zero-order valence-electron chi connectivity index (χ0n) is 17.1. The van der Waals surface area contributed by atoms with Crippen molar-refractivity contribution in [3.63, 3.8) is 0 Å². The number of sulfonamides is 1. The summed E-state index contributed by atoms with van der Waals surface area (Å²) in [6, 6.07) is 20.3. The molecule has 0 aromatic heterocycles. The average Bonchev–Trinajstić information content (AvgIpc) is 2.74. The van der Waals surface area contributed by atoms with Gasteiger partial charge < -0.3 is 10.1 Å². The number of amides is 1. The lowest BCUT2D eigenvalue weighted by molar-refractivity contribution is -0.122. The SMILES string of the molecule is CC[C@@H](Oc1cccc(C)c1)C(=O)Nc1ccc(S(=O)(=O)Nc2ccc(Br)cc2)cc1. The van der Waals surface area contributed by atoms with Crippen LogP contribution in [0.4, 0.5) is 11.4 Å². The molecule has 31 heavy (non-hydrogen) atoms. The van der Waals surface area contributed by atoms with Crippen LogP contribution in [-0.4, -0.2) is 20.4 Å². The van der Waals surface area contributed by atoms with Crippen molar-refractivity contribution in [1.82, 2.24) is 0 Å². The molecule has 1 amide bonds. The van der Waals surface area contributed by atoms with Crippen molar-refractivity contribution in [3.05, 3.63) is 82.8 Å². The predicted octanol–water partition coefficient (Wildman–Crippen LogP) is 5.35. The van der Waals surface area contributed by atoms with Gasteiger partial charge in [0.15, 0.2) is 6.10 Å². The first kappa shape index (κ1) is 22.8. The van der Waals surface area contributed by atoms with E-state index >= 15 is 0 Å². The van der Waals surface area contributed by atoms with Crippen molar-refractivity contribution >= 4 is 43.2 Å². The Morgan fingerprint density at radius 3 is 2.26 bits per heavy atom. The van der Waals surface area contributed by atoms with Crippen molar-refractivity contribution in [2.45, 2.75) is 31.3 Å². The summed E-state index contributed by atoms with van der Waals surface area (Å²) < 4.78 is 34.3. The Balaban J connectivity index is 1.66. The van der Waals surface area contributed by atoms with Crippen molar-refractivity contribution in [2.75, 3.05) is 10.0 Å². The second-order valence-corrected chi connectivity index (χ2v) is 9.56. The number of hydrogen-bond acceptors (Lipinski definition) is 4. The highest BCUT2D eigenvalue weighted by atomic mass is 79.9. The fraction of sp³-hybridized carbons (Fsp3) is 0.174. The van der Waals surface area contributed by atoms with E-state index in [0.717, 1.165) is 10.0 Å². The van der Waals surface area contributed by atoms with Crippen LogP contribution in [0.15, 0.2) is 82.2 Å². The van der Waals surface area contributed by atoms with Crippen LogP contribution in [0.5, 0.6) is 5.75 Å². The van der Waals surface area contributed by atoms with Crippen molar-refractivity contribution < 1.29 is 17.9 Å². The molecule has 0 aliphatic heterocycles. The maximum Gasteiger partial charge on any atom is 0.265 e. The van der Waals surface area contributed by atoms with Crippen molar-refractivity contribution in [3.8, 4) is 5.75 Å². The minimum absolute atomic E-state index is 0.0940. The predicted molar refractivity (Wildman–Crippen MR) is 126 cm³/mol. The number of carbonyl (C=O) groups is 1. The maximum atomic E-state index is 12.6. The molecular formula is C23H23BrN2O4S. The number of carbonyl (C=O) groups excluding carboxylic acids is 1. The van der Waals surface area contributed by atoms with E-state index in [9.17, 15) is 13.2 Å². The van der Waals surface area contributed by atoms with Crippen LogP contribution < -0.4 is 14.8 Å². The number of benzene rings is 3. The van der Waals surface area contributed by atoms with Crippen molar-refractivity contribution in [2.24, 2.45) is 0 Å². The van der Waals surface area contributed by atoms with Gasteiger partial charge in [-0.2, -0.15) is 0 Å². The van der Waals surface area contributed by atoms with Gasteiger partial charge in [-0.15, -0.1) is 0 Å². The summed E-state index contributed by atoms with van der Waals surface area (Å²) >= 11 is 3.31. The molecule has 3 aromatic carbocycles. The molecule has 0 saturated heterocycles. The Hall–Kier alpha value is -2.84. The first-order valence-electron chi connectivity index (χ1n) is 9.69. The normalized spacial score (nSPS) is 12.1. The van der Waals surface area contributed by atoms with Gasteiger partial charge in [0.25, 0.3) is 15.9 Å². The van der Waals surface area contributed by atoms with Gasteiger partial charge in [-0.3, -0.25) is 9.52 Å². The quantitative estimate of drug-likeness (QED) is 0.434. The lowest BCUT2D eigenvalue weighted by atomic mass is 10.2. The van der Waals surface area contributed by atoms with Gasteiger partial charge in [-0.25, -0.2) is 8.42 Å². The topological polar surface area (TPSA) is 84.5 Å². The van der Waals surface area contributed by atoms with E-state index in [1.54, 1.807) is 42.5 Å². The summed E-state index contributed by atoms with van der Waals surface area (Å²) in [5.74, 6) is 0.329. The first-order chi connectivity index (χ1) is 14.8. The number of rotatable bonds is 8. The molecule has 1 atom stereocenters. The maximum absolute atomic E-state index is 12.6. The molecule has 3 rings (SSSR count). The van der Waals surface area contributed by atoms with Crippen LogP contribution in [0.3, 0.4) is 0 Å². The highest BCUT2D eigenvalue weighted by molar-refractivity contribution is 9.10. The van der Waals surface area contributed by atoms with Crippen LogP contribution >= 0.6 is 15.9 Å². The number of nitrogens with one attached hydrogen (secondary N) is 2. The van der Waals surface area contributed by atoms with Crippen LogP contribution in [0.1, 0.15) is 18.9 Å². The van der Waals surface area contributed by atoms with Crippen LogP contribution in [0.2, 0.25) is 0 Å². The monoisotopic (exact) mass is 502 g/mol. The van der Waals surface area contributed by atoms with Gasteiger partial charge in [0.1, 0.15) is 5.75 Å². The van der Waals surface area contributed by atoms with Crippen LogP contribution in [0, 0.1) is 6.92 Å². The molecular weight excluding hydrogens is 480 g/mol. The molecule has 0 aliphatic carbocycles. The fourth-order valence-electron chi connectivity index (χ4n) is 2.85. The molecule has 0 fully saturated rings. The van der Waals surface area contributed by atoms with Gasteiger partial charge in [0.05, 0.1) is 4.90 Å². The molecule has 0 bridgehead atoms. The average molecular weight is 503 g/mol. The summed E-state index contributed by atoms with van der Waals surface area (Å²) in [6.45, 7) is 3.82. The number of anilines is 2. The molecule has 0 radical (unpaired) electrons. The molecule has 0 spiro atoms. The lowest BCUT2D eigenvalue weighted by Crippen LogP contribution is -2.32. The Morgan fingerprint density at radius 1 is 1.00 bits per heavy atom. The second-order valence-electron chi connectivity index (χ2n) is 6.96. The summed E-state index contributed by atoms with van der Waals surface area (Å²) in [6.07, 6.45) is -0.173. The number of aryl methyl sites for hydroxylation is 1. The smallest absolute Gasteiger partial charge is 0.265 e. The fourth-order valence-corrected chi connectivity index (χ4v) is 4.17. The minimum atomic E-state index is -3.74. The third-order valence-corrected chi connectivity index (χ3v) is 6.39.